The van der Waals surface area contributed by atoms with Gasteiger partial charge in [0, 0.05) is 12.4 Å². The number of hydrogen-bond acceptors (Lipinski definition) is 6. The van der Waals surface area contributed by atoms with Crippen LogP contribution in [0.25, 0.3) is 5.95 Å². The Kier molecular flexibility index (Phi) is 2.96. The van der Waals surface area contributed by atoms with Crippen LogP contribution < -0.4 is 11.1 Å². The topological polar surface area (TPSA) is 94.5 Å². The highest BCUT2D eigenvalue weighted by Gasteiger charge is 2.08. The maximum Gasteiger partial charge on any atom is 0.241 e. The third-order valence-corrected chi connectivity index (χ3v) is 2.50. The van der Waals surface area contributed by atoms with Crippen LogP contribution in [0.3, 0.4) is 0 Å². The molecule has 0 aliphatic rings. The molecule has 1 aromatic carbocycles. The zero-order valence-electron chi connectivity index (χ0n) is 10.2. The summed E-state index contributed by atoms with van der Waals surface area (Å²) in [5.74, 6) is 0.0818. The average molecular weight is 271 g/mol. The summed E-state index contributed by atoms with van der Waals surface area (Å²) >= 11 is 0. The van der Waals surface area contributed by atoms with Gasteiger partial charge in [0.2, 0.25) is 17.8 Å². The van der Waals surface area contributed by atoms with E-state index in [1.807, 2.05) is 0 Å². The molecule has 0 saturated heterocycles. The number of benzene rings is 1. The molecule has 0 bridgehead atoms. The summed E-state index contributed by atoms with van der Waals surface area (Å²) in [7, 11) is 0. The predicted molar refractivity (Wildman–Crippen MR) is 71.0 cm³/mol. The maximum absolute atomic E-state index is 13.6. The second-order valence-corrected chi connectivity index (χ2v) is 3.89. The zero-order valence-corrected chi connectivity index (χ0v) is 10.2. The van der Waals surface area contributed by atoms with Crippen molar-refractivity contribution < 1.29 is 4.39 Å². The van der Waals surface area contributed by atoms with Gasteiger partial charge in [-0.05, 0) is 12.1 Å². The smallest absolute Gasteiger partial charge is 0.241 e. The molecule has 3 N–H and O–H groups in total. The van der Waals surface area contributed by atoms with Crippen molar-refractivity contribution in [1.29, 1.82) is 0 Å². The van der Waals surface area contributed by atoms with Crippen molar-refractivity contribution in [3.8, 4) is 5.95 Å². The molecule has 0 saturated carbocycles. The molecule has 7 nitrogen and oxygen atoms in total. The van der Waals surface area contributed by atoms with Crippen LogP contribution in [0, 0.1) is 5.82 Å². The van der Waals surface area contributed by atoms with Crippen molar-refractivity contribution >= 4 is 17.6 Å². The molecule has 0 fully saturated rings. The van der Waals surface area contributed by atoms with Gasteiger partial charge in [0.15, 0.2) is 0 Å². The van der Waals surface area contributed by atoms with E-state index in [1.54, 1.807) is 35.2 Å². The zero-order chi connectivity index (χ0) is 13.9. The van der Waals surface area contributed by atoms with Gasteiger partial charge in [-0.2, -0.15) is 15.0 Å². The van der Waals surface area contributed by atoms with E-state index in [0.717, 1.165) is 0 Å². The number of nitrogens with one attached hydrogen (secondary N) is 1. The van der Waals surface area contributed by atoms with Crippen LogP contribution in [0.4, 0.5) is 22.0 Å². The van der Waals surface area contributed by atoms with E-state index in [-0.39, 0.29) is 17.6 Å². The molecule has 8 heteroatoms. The molecule has 20 heavy (non-hydrogen) atoms. The molecule has 0 unspecified atom stereocenters. The standard InChI is InChI=1S/C12H10FN7/c13-8-3-1-2-4-9(8)16-11-17-10(14)18-12(19-11)20-6-5-15-7-20/h1-7H,(H3,14,16,17,18,19). The minimum Gasteiger partial charge on any atom is -0.368 e. The number of aromatic nitrogens is 5. The minimum atomic E-state index is -0.407. The molecule has 0 spiro atoms. The quantitative estimate of drug-likeness (QED) is 0.750. The monoisotopic (exact) mass is 271 g/mol. The molecule has 0 atom stereocenters. The highest BCUT2D eigenvalue weighted by molar-refractivity contribution is 5.54. The first kappa shape index (κ1) is 12.0. The normalized spacial score (nSPS) is 10.4. The third-order valence-electron chi connectivity index (χ3n) is 2.50. The second kappa shape index (κ2) is 4.92. The van der Waals surface area contributed by atoms with E-state index in [0.29, 0.717) is 5.95 Å². The van der Waals surface area contributed by atoms with Crippen molar-refractivity contribution in [2.24, 2.45) is 0 Å². The fourth-order valence-corrected chi connectivity index (χ4v) is 1.61. The number of hydrogen-bond donors (Lipinski definition) is 2. The van der Waals surface area contributed by atoms with Crippen LogP contribution in [-0.4, -0.2) is 24.5 Å². The van der Waals surface area contributed by atoms with Crippen LogP contribution >= 0.6 is 0 Å². The van der Waals surface area contributed by atoms with Gasteiger partial charge in [-0.3, -0.25) is 4.57 Å². The van der Waals surface area contributed by atoms with Gasteiger partial charge >= 0.3 is 0 Å². The molecule has 0 aliphatic carbocycles. The fourth-order valence-electron chi connectivity index (χ4n) is 1.61. The number of halogens is 1. The van der Waals surface area contributed by atoms with Crippen molar-refractivity contribution in [1.82, 2.24) is 24.5 Å². The molecule has 2 heterocycles. The van der Waals surface area contributed by atoms with Gasteiger partial charge in [0.25, 0.3) is 0 Å². The molecule has 3 rings (SSSR count). The van der Waals surface area contributed by atoms with E-state index in [9.17, 15) is 4.39 Å². The minimum absolute atomic E-state index is 0.0301. The lowest BCUT2D eigenvalue weighted by Crippen LogP contribution is -2.08. The van der Waals surface area contributed by atoms with E-state index < -0.39 is 5.82 Å². The predicted octanol–water partition coefficient (Wildman–Crippen LogP) is 1.52. The summed E-state index contributed by atoms with van der Waals surface area (Å²) in [5, 5.41) is 2.76. The van der Waals surface area contributed by atoms with Crippen molar-refractivity contribution in [3.05, 3.63) is 48.8 Å². The first-order chi connectivity index (χ1) is 9.72. The van der Waals surface area contributed by atoms with E-state index in [1.165, 1.54) is 12.4 Å². The maximum atomic E-state index is 13.6. The summed E-state index contributed by atoms with van der Waals surface area (Å²) < 4.78 is 15.1. The van der Waals surface area contributed by atoms with E-state index in [2.05, 4.69) is 25.3 Å². The Morgan fingerprint density at radius 1 is 1.15 bits per heavy atom. The number of nitrogens with two attached hydrogens (primary N) is 1. The number of imidazole rings is 1. The Morgan fingerprint density at radius 2 is 2.00 bits per heavy atom. The van der Waals surface area contributed by atoms with Crippen LogP contribution in [0.5, 0.6) is 0 Å². The van der Waals surface area contributed by atoms with Gasteiger partial charge in [0.1, 0.15) is 12.1 Å². The van der Waals surface area contributed by atoms with Gasteiger partial charge in [0.05, 0.1) is 5.69 Å². The molecular weight excluding hydrogens is 261 g/mol. The Morgan fingerprint density at radius 3 is 2.75 bits per heavy atom. The summed E-state index contributed by atoms with van der Waals surface area (Å²) in [6.07, 6.45) is 4.78. The number of nitrogens with zero attached hydrogens (tertiary/aromatic N) is 5. The SMILES string of the molecule is Nc1nc(Nc2ccccc2F)nc(-n2ccnc2)n1. The first-order valence-electron chi connectivity index (χ1n) is 5.74. The molecule has 0 amide bonds. The molecule has 3 aromatic rings. The van der Waals surface area contributed by atoms with Crippen molar-refractivity contribution in [2.45, 2.75) is 0 Å². The fraction of sp³-hybridized carbons (Fsp3) is 0. The summed E-state index contributed by atoms with van der Waals surface area (Å²) in [5.41, 5.74) is 5.89. The Balaban J connectivity index is 1.97. The highest BCUT2D eigenvalue weighted by atomic mass is 19.1. The van der Waals surface area contributed by atoms with Gasteiger partial charge in [-0.25, -0.2) is 9.37 Å². The second-order valence-electron chi connectivity index (χ2n) is 3.89. The third kappa shape index (κ3) is 2.39. The first-order valence-corrected chi connectivity index (χ1v) is 5.74. The average Bonchev–Trinajstić information content (AvgIpc) is 2.95. The summed E-state index contributed by atoms with van der Waals surface area (Å²) in [4.78, 5) is 16.0. The highest BCUT2D eigenvalue weighted by Crippen LogP contribution is 2.17. The molecular formula is C12H10FN7. The Labute approximate surface area is 113 Å². The number of para-hydroxylation sites is 1. The van der Waals surface area contributed by atoms with Gasteiger partial charge in [-0.1, -0.05) is 12.1 Å². The van der Waals surface area contributed by atoms with E-state index in [4.69, 9.17) is 5.73 Å². The van der Waals surface area contributed by atoms with Crippen molar-refractivity contribution in [2.75, 3.05) is 11.1 Å². The van der Waals surface area contributed by atoms with Crippen LogP contribution in [0.15, 0.2) is 43.0 Å². The number of anilines is 3. The molecule has 2 aromatic heterocycles. The largest absolute Gasteiger partial charge is 0.368 e. The molecule has 100 valence electrons. The lowest BCUT2D eigenvalue weighted by molar-refractivity contribution is 0.631. The van der Waals surface area contributed by atoms with Crippen LogP contribution in [0.2, 0.25) is 0 Å². The van der Waals surface area contributed by atoms with Gasteiger partial charge < -0.3 is 11.1 Å². The summed E-state index contributed by atoms with van der Waals surface area (Å²) in [6.45, 7) is 0. The Bertz CT molecular complexity index is 726. The lowest BCUT2D eigenvalue weighted by Gasteiger charge is -2.08. The van der Waals surface area contributed by atoms with Gasteiger partial charge in [-0.15, -0.1) is 0 Å². The van der Waals surface area contributed by atoms with Crippen LogP contribution in [0.1, 0.15) is 0 Å². The summed E-state index contributed by atoms with van der Waals surface area (Å²) in [6, 6.07) is 6.21. The van der Waals surface area contributed by atoms with Crippen molar-refractivity contribution in [3.63, 3.8) is 0 Å². The molecule has 0 radical (unpaired) electrons. The lowest BCUT2D eigenvalue weighted by atomic mass is 10.3. The van der Waals surface area contributed by atoms with E-state index >= 15 is 0 Å². The number of rotatable bonds is 3. The Hall–Kier alpha value is -3.03. The number of nitrogen functional groups attached to an aromatic ring is 1. The van der Waals surface area contributed by atoms with Crippen LogP contribution in [-0.2, 0) is 0 Å². The molecule has 0 aliphatic heterocycles.